The van der Waals surface area contributed by atoms with E-state index in [9.17, 15) is 4.79 Å². The molecule has 2 aromatic rings. The number of halogens is 1. The van der Waals surface area contributed by atoms with Crippen LogP contribution in [0.25, 0.3) is 5.69 Å². The minimum absolute atomic E-state index is 0.337. The third-order valence-electron chi connectivity index (χ3n) is 2.79. The average molecular weight is 296 g/mol. The molecule has 0 spiro atoms. The lowest BCUT2D eigenvalue weighted by Crippen LogP contribution is -2.30. The molecular weight excluding hydrogens is 282 g/mol. The number of carbonyl (C=O) groups excluding carboxylic acids is 1. The molecule has 0 bridgehead atoms. The fraction of sp³-hybridized carbons (Fsp3) is 0.333. The van der Waals surface area contributed by atoms with Crippen LogP contribution < -0.4 is 5.32 Å². The summed E-state index contributed by atoms with van der Waals surface area (Å²) < 4.78 is 6.24. The van der Waals surface area contributed by atoms with Gasteiger partial charge in [0.15, 0.2) is 0 Å². The summed E-state index contributed by atoms with van der Waals surface area (Å²) in [6.45, 7) is 1.88. The predicted octanol–water partition coefficient (Wildman–Crippen LogP) is 1.68. The van der Waals surface area contributed by atoms with Gasteiger partial charge in [0.25, 0.3) is 0 Å². The molecule has 7 nitrogen and oxygen atoms in total. The second-order valence-electron chi connectivity index (χ2n) is 4.05. The normalized spacial score (nSPS) is 11.9. The highest BCUT2D eigenvalue weighted by molar-refractivity contribution is 6.33. The molecule has 0 saturated heterocycles. The Kier molecular flexibility index (Phi) is 4.52. The lowest BCUT2D eigenvalue weighted by Gasteiger charge is -2.17. The van der Waals surface area contributed by atoms with Gasteiger partial charge in [-0.2, -0.15) is 0 Å². The van der Waals surface area contributed by atoms with E-state index < -0.39 is 6.04 Å². The minimum atomic E-state index is -0.457. The molecule has 106 valence electrons. The van der Waals surface area contributed by atoms with Gasteiger partial charge < -0.3 is 10.1 Å². The molecule has 20 heavy (non-hydrogen) atoms. The van der Waals surface area contributed by atoms with Gasteiger partial charge in [0.2, 0.25) is 0 Å². The van der Waals surface area contributed by atoms with Crippen LogP contribution >= 0.6 is 11.6 Å². The Labute approximate surface area is 120 Å². The van der Waals surface area contributed by atoms with Crippen LogP contribution in [0.2, 0.25) is 5.02 Å². The second kappa shape index (κ2) is 6.33. The van der Waals surface area contributed by atoms with Crippen molar-refractivity contribution in [1.82, 2.24) is 20.2 Å². The Morgan fingerprint density at radius 1 is 1.55 bits per heavy atom. The summed E-state index contributed by atoms with van der Waals surface area (Å²) in [4.78, 5) is 11.6. The van der Waals surface area contributed by atoms with Crippen LogP contribution in [0.5, 0.6) is 0 Å². The van der Waals surface area contributed by atoms with Crippen LogP contribution in [0.1, 0.15) is 13.3 Å². The van der Waals surface area contributed by atoms with Gasteiger partial charge >= 0.3 is 5.97 Å². The molecule has 0 aliphatic heterocycles. The van der Waals surface area contributed by atoms with E-state index in [0.29, 0.717) is 17.1 Å². The Morgan fingerprint density at radius 2 is 2.35 bits per heavy atom. The van der Waals surface area contributed by atoms with Crippen molar-refractivity contribution in [3.05, 3.63) is 29.5 Å². The zero-order valence-corrected chi connectivity index (χ0v) is 11.8. The Balaban J connectivity index is 2.27. The van der Waals surface area contributed by atoms with E-state index in [1.165, 1.54) is 18.1 Å². The number of methoxy groups -OCH3 is 1. The zero-order valence-electron chi connectivity index (χ0n) is 11.1. The second-order valence-corrected chi connectivity index (χ2v) is 4.45. The van der Waals surface area contributed by atoms with E-state index in [1.807, 2.05) is 6.92 Å². The summed E-state index contributed by atoms with van der Waals surface area (Å²) in [7, 11) is 1.35. The first kappa shape index (κ1) is 14.3. The van der Waals surface area contributed by atoms with Crippen molar-refractivity contribution in [3.8, 4) is 5.69 Å². The van der Waals surface area contributed by atoms with Crippen molar-refractivity contribution < 1.29 is 9.53 Å². The van der Waals surface area contributed by atoms with Gasteiger partial charge in [-0.3, -0.25) is 0 Å². The van der Waals surface area contributed by atoms with Gasteiger partial charge in [-0.05, 0) is 35.0 Å². The lowest BCUT2D eigenvalue weighted by molar-refractivity contribution is -0.141. The highest BCUT2D eigenvalue weighted by Gasteiger charge is 2.18. The summed E-state index contributed by atoms with van der Waals surface area (Å²) in [5, 5.41) is 14.5. The van der Waals surface area contributed by atoms with Crippen molar-refractivity contribution in [2.75, 3.05) is 12.4 Å². The average Bonchev–Trinajstić information content (AvgIpc) is 2.99. The summed E-state index contributed by atoms with van der Waals surface area (Å²) in [5.74, 6) is -0.337. The number of nitrogens with one attached hydrogen (secondary N) is 1. The van der Waals surface area contributed by atoms with E-state index in [-0.39, 0.29) is 5.97 Å². The number of rotatable bonds is 5. The highest BCUT2D eigenvalue weighted by atomic mass is 35.5. The molecule has 1 aromatic heterocycles. The summed E-state index contributed by atoms with van der Waals surface area (Å²) in [5.41, 5.74) is 1.36. The van der Waals surface area contributed by atoms with Crippen molar-refractivity contribution in [3.63, 3.8) is 0 Å². The molecule has 0 amide bonds. The standard InChI is InChI=1S/C12H14ClN5O2/c1-3-10(12(19)20-2)15-11-6-8(4-5-9(11)13)18-7-14-16-17-18/h4-7,10,15H,3H2,1-2H3. The fourth-order valence-electron chi connectivity index (χ4n) is 1.70. The van der Waals surface area contributed by atoms with Gasteiger partial charge in [0.05, 0.1) is 23.5 Å². The smallest absolute Gasteiger partial charge is 0.328 e. The molecule has 1 aromatic carbocycles. The number of hydrogen-bond donors (Lipinski definition) is 1. The first-order chi connectivity index (χ1) is 9.65. The number of tetrazole rings is 1. The maximum Gasteiger partial charge on any atom is 0.328 e. The molecule has 0 aliphatic carbocycles. The molecule has 1 unspecified atom stereocenters. The minimum Gasteiger partial charge on any atom is -0.467 e. The summed E-state index contributed by atoms with van der Waals surface area (Å²) in [6.07, 6.45) is 2.06. The van der Waals surface area contributed by atoms with Crippen molar-refractivity contribution in [1.29, 1.82) is 0 Å². The number of anilines is 1. The fourth-order valence-corrected chi connectivity index (χ4v) is 1.88. The van der Waals surface area contributed by atoms with Gasteiger partial charge in [0.1, 0.15) is 12.4 Å². The molecular formula is C12H14ClN5O2. The summed E-state index contributed by atoms with van der Waals surface area (Å²) in [6, 6.07) is 4.81. The third-order valence-corrected chi connectivity index (χ3v) is 3.12. The monoisotopic (exact) mass is 295 g/mol. The number of hydrogen-bond acceptors (Lipinski definition) is 6. The molecule has 1 atom stereocenters. The van der Waals surface area contributed by atoms with Crippen LogP contribution in [-0.2, 0) is 9.53 Å². The largest absolute Gasteiger partial charge is 0.467 e. The van der Waals surface area contributed by atoms with Crippen LogP contribution in [0.15, 0.2) is 24.5 Å². The number of carbonyl (C=O) groups is 1. The van der Waals surface area contributed by atoms with E-state index in [2.05, 4.69) is 20.8 Å². The first-order valence-corrected chi connectivity index (χ1v) is 6.40. The Hall–Kier alpha value is -2.15. The molecule has 1 heterocycles. The van der Waals surface area contributed by atoms with E-state index in [4.69, 9.17) is 16.3 Å². The quantitative estimate of drug-likeness (QED) is 0.845. The number of aromatic nitrogens is 4. The van der Waals surface area contributed by atoms with E-state index in [0.717, 1.165) is 5.69 Å². The number of benzene rings is 1. The molecule has 1 N–H and O–H groups in total. The van der Waals surface area contributed by atoms with E-state index in [1.54, 1.807) is 18.2 Å². The lowest BCUT2D eigenvalue weighted by atomic mass is 10.2. The molecule has 8 heteroatoms. The van der Waals surface area contributed by atoms with Crippen LogP contribution in [-0.4, -0.2) is 39.3 Å². The predicted molar refractivity (Wildman–Crippen MR) is 73.9 cm³/mol. The highest BCUT2D eigenvalue weighted by Crippen LogP contribution is 2.25. The van der Waals surface area contributed by atoms with Gasteiger partial charge in [-0.15, -0.1) is 5.10 Å². The maximum atomic E-state index is 11.6. The first-order valence-electron chi connectivity index (χ1n) is 6.03. The van der Waals surface area contributed by atoms with Crippen molar-refractivity contribution in [2.24, 2.45) is 0 Å². The Morgan fingerprint density at radius 3 is 2.95 bits per heavy atom. The van der Waals surface area contributed by atoms with Crippen molar-refractivity contribution >= 4 is 23.3 Å². The van der Waals surface area contributed by atoms with Crippen LogP contribution in [0.4, 0.5) is 5.69 Å². The third kappa shape index (κ3) is 3.05. The molecule has 0 saturated carbocycles. The molecule has 0 aliphatic rings. The van der Waals surface area contributed by atoms with Gasteiger partial charge in [0, 0.05) is 0 Å². The van der Waals surface area contributed by atoms with Crippen LogP contribution in [0.3, 0.4) is 0 Å². The molecule has 0 fully saturated rings. The Bertz CT molecular complexity index is 588. The maximum absolute atomic E-state index is 11.6. The summed E-state index contributed by atoms with van der Waals surface area (Å²) >= 11 is 6.13. The number of ether oxygens (including phenoxy) is 1. The van der Waals surface area contributed by atoms with E-state index >= 15 is 0 Å². The topological polar surface area (TPSA) is 81.9 Å². The van der Waals surface area contributed by atoms with Crippen molar-refractivity contribution in [2.45, 2.75) is 19.4 Å². The molecule has 2 rings (SSSR count). The number of nitrogens with zero attached hydrogens (tertiary/aromatic N) is 4. The van der Waals surface area contributed by atoms with Gasteiger partial charge in [-0.25, -0.2) is 9.48 Å². The zero-order chi connectivity index (χ0) is 14.5. The SMILES string of the molecule is CCC(Nc1cc(-n2cnnn2)ccc1Cl)C(=O)OC. The van der Waals surface area contributed by atoms with Crippen LogP contribution in [0, 0.1) is 0 Å². The number of esters is 1. The molecule has 0 radical (unpaired) electrons. The van der Waals surface area contributed by atoms with Gasteiger partial charge in [-0.1, -0.05) is 18.5 Å².